The standard InChI is InChI=1S/C68H132O17P2/c1-9-61(8)47-39-31-22-16-13-14-18-24-34-42-50-67(72)84-64(55-79-66(71)49-41-33-27-26-30-38-46-60(6)7)57-83-87(76,77)81-53-62(69)52-80-86(74,75)82-56-63(85-68(73)51-43-35-25-19-21-29-37-45-59(4)5)54-78-65(70)48-40-32-23-17-12-10-11-15-20-28-36-44-58(2)3/h58-64,69H,9-57H2,1-8H3,(H,74,75)(H,76,77)/t61?,62-,63-,64-/m1/s1. The van der Waals surface area contributed by atoms with E-state index in [2.05, 4.69) is 55.4 Å². The summed E-state index contributed by atoms with van der Waals surface area (Å²) in [6.07, 6.45) is 39.1. The molecule has 0 radical (unpaired) electrons. The average molecular weight is 1280 g/mol. The maximum Gasteiger partial charge on any atom is 0.472 e. The Morgan fingerprint density at radius 1 is 0.322 bits per heavy atom. The minimum Gasteiger partial charge on any atom is -0.462 e. The van der Waals surface area contributed by atoms with Gasteiger partial charge in [-0.05, 0) is 49.4 Å². The van der Waals surface area contributed by atoms with Gasteiger partial charge >= 0.3 is 39.5 Å². The van der Waals surface area contributed by atoms with E-state index in [1.807, 2.05) is 0 Å². The molecule has 3 unspecified atom stereocenters. The van der Waals surface area contributed by atoms with Crippen LogP contribution in [0.1, 0.15) is 331 Å². The van der Waals surface area contributed by atoms with Crippen LogP contribution in [0.4, 0.5) is 0 Å². The number of aliphatic hydroxyl groups is 1. The Hall–Kier alpha value is -1.94. The van der Waals surface area contributed by atoms with E-state index in [1.165, 1.54) is 128 Å². The highest BCUT2D eigenvalue weighted by atomic mass is 31.2. The number of unbranched alkanes of at least 4 members (excludes halogenated alkanes) is 30. The van der Waals surface area contributed by atoms with Gasteiger partial charge in [0.2, 0.25) is 0 Å². The summed E-state index contributed by atoms with van der Waals surface area (Å²) in [5.74, 6) is 0.814. The molecule has 516 valence electrons. The lowest BCUT2D eigenvalue weighted by molar-refractivity contribution is -0.161. The lowest BCUT2D eigenvalue weighted by atomic mass is 9.99. The number of hydrogen-bond donors (Lipinski definition) is 3. The molecular formula is C68H132O17P2. The van der Waals surface area contributed by atoms with Crippen molar-refractivity contribution in [1.82, 2.24) is 0 Å². The monoisotopic (exact) mass is 1280 g/mol. The van der Waals surface area contributed by atoms with Crippen molar-refractivity contribution in [2.24, 2.45) is 23.7 Å². The SMILES string of the molecule is CCC(C)CCCCCCCCCCCCC(=O)O[C@H](COC(=O)CCCCCCCCC(C)C)COP(=O)(O)OC[C@H](O)COP(=O)(O)OC[C@@H](COC(=O)CCCCCCCCCCCCCC(C)C)OC(=O)CCCCCCCCCC(C)C. The first-order valence-electron chi connectivity index (χ1n) is 35.2. The number of phosphoric acid groups is 2. The molecule has 0 aromatic carbocycles. The number of aliphatic hydroxyl groups excluding tert-OH is 1. The summed E-state index contributed by atoms with van der Waals surface area (Å²) in [5, 5.41) is 10.6. The highest BCUT2D eigenvalue weighted by molar-refractivity contribution is 7.47. The number of phosphoric ester groups is 2. The maximum absolute atomic E-state index is 13.0. The third kappa shape index (κ3) is 61.3. The summed E-state index contributed by atoms with van der Waals surface area (Å²) in [6.45, 7) is 14.0. The Morgan fingerprint density at radius 2 is 0.552 bits per heavy atom. The summed E-state index contributed by atoms with van der Waals surface area (Å²) in [5.41, 5.74) is 0. The molecule has 0 bridgehead atoms. The Kier molecular flexibility index (Phi) is 56.6. The van der Waals surface area contributed by atoms with E-state index >= 15 is 0 Å². The molecule has 0 heterocycles. The first-order chi connectivity index (χ1) is 41.6. The number of carbonyl (C=O) groups excluding carboxylic acids is 4. The first kappa shape index (κ1) is 85.1. The molecular weight excluding hydrogens is 1150 g/mol. The van der Waals surface area contributed by atoms with Crippen LogP contribution in [0.2, 0.25) is 0 Å². The van der Waals surface area contributed by atoms with Crippen molar-refractivity contribution in [2.75, 3.05) is 39.6 Å². The van der Waals surface area contributed by atoms with Crippen molar-refractivity contribution in [2.45, 2.75) is 350 Å². The third-order valence-corrected chi connectivity index (χ3v) is 17.8. The zero-order valence-electron chi connectivity index (χ0n) is 56.6. The second-order valence-corrected chi connectivity index (χ2v) is 29.1. The Morgan fingerprint density at radius 3 is 0.816 bits per heavy atom. The van der Waals surface area contributed by atoms with Crippen LogP contribution >= 0.6 is 15.6 Å². The van der Waals surface area contributed by atoms with Crippen molar-refractivity contribution >= 4 is 39.5 Å². The smallest absolute Gasteiger partial charge is 0.462 e. The van der Waals surface area contributed by atoms with Crippen molar-refractivity contribution < 1.29 is 80.2 Å². The van der Waals surface area contributed by atoms with E-state index in [4.69, 9.17) is 37.0 Å². The van der Waals surface area contributed by atoms with Gasteiger partial charge in [0.25, 0.3) is 0 Å². The van der Waals surface area contributed by atoms with Gasteiger partial charge < -0.3 is 33.8 Å². The predicted molar refractivity (Wildman–Crippen MR) is 349 cm³/mol. The number of rotatable bonds is 65. The molecule has 0 saturated heterocycles. The zero-order valence-corrected chi connectivity index (χ0v) is 58.4. The van der Waals surface area contributed by atoms with Gasteiger partial charge in [0.05, 0.1) is 26.4 Å². The fraction of sp³-hybridized carbons (Fsp3) is 0.941. The Labute approximate surface area is 530 Å². The fourth-order valence-corrected chi connectivity index (χ4v) is 11.7. The van der Waals surface area contributed by atoms with Crippen LogP contribution in [0.5, 0.6) is 0 Å². The van der Waals surface area contributed by atoms with Crippen molar-refractivity contribution in [3.05, 3.63) is 0 Å². The summed E-state index contributed by atoms with van der Waals surface area (Å²) in [7, 11) is -9.90. The van der Waals surface area contributed by atoms with Crippen LogP contribution < -0.4 is 0 Å². The quantitative estimate of drug-likeness (QED) is 0.0222. The summed E-state index contributed by atoms with van der Waals surface area (Å²) in [6, 6.07) is 0. The van der Waals surface area contributed by atoms with Gasteiger partial charge in [0, 0.05) is 25.7 Å². The second-order valence-electron chi connectivity index (χ2n) is 26.2. The minimum atomic E-state index is -4.95. The fourth-order valence-electron chi connectivity index (χ4n) is 10.1. The first-order valence-corrected chi connectivity index (χ1v) is 38.2. The number of hydrogen-bond acceptors (Lipinski definition) is 15. The van der Waals surface area contributed by atoms with Gasteiger partial charge in [-0.1, -0.05) is 280 Å². The molecule has 0 fully saturated rings. The number of esters is 4. The van der Waals surface area contributed by atoms with E-state index in [9.17, 15) is 43.2 Å². The molecule has 19 heteroatoms. The molecule has 0 spiro atoms. The van der Waals surface area contributed by atoms with Crippen LogP contribution in [0, 0.1) is 23.7 Å². The molecule has 0 aromatic rings. The molecule has 87 heavy (non-hydrogen) atoms. The van der Waals surface area contributed by atoms with Crippen molar-refractivity contribution in [1.29, 1.82) is 0 Å². The van der Waals surface area contributed by atoms with Gasteiger partial charge in [-0.3, -0.25) is 37.3 Å². The lowest BCUT2D eigenvalue weighted by Gasteiger charge is -2.21. The van der Waals surface area contributed by atoms with E-state index in [0.29, 0.717) is 37.5 Å². The molecule has 0 aliphatic heterocycles. The van der Waals surface area contributed by atoms with E-state index in [1.54, 1.807) is 0 Å². The molecule has 3 N–H and O–H groups in total. The maximum atomic E-state index is 13.0. The summed E-state index contributed by atoms with van der Waals surface area (Å²) < 4.78 is 68.1. The molecule has 0 amide bonds. The molecule has 17 nitrogen and oxygen atoms in total. The molecule has 0 rings (SSSR count). The van der Waals surface area contributed by atoms with Gasteiger partial charge in [0.1, 0.15) is 19.3 Å². The van der Waals surface area contributed by atoms with Crippen LogP contribution in [-0.4, -0.2) is 96.7 Å². The summed E-state index contributed by atoms with van der Waals surface area (Å²) >= 11 is 0. The van der Waals surface area contributed by atoms with E-state index in [-0.39, 0.29) is 25.7 Å². The predicted octanol–water partition coefficient (Wildman–Crippen LogP) is 18.9. The van der Waals surface area contributed by atoms with Gasteiger partial charge in [-0.15, -0.1) is 0 Å². The van der Waals surface area contributed by atoms with Crippen molar-refractivity contribution in [3.8, 4) is 0 Å². The normalized spacial score (nSPS) is 14.6. The van der Waals surface area contributed by atoms with Crippen LogP contribution in [0.3, 0.4) is 0 Å². The molecule has 0 aliphatic rings. The van der Waals surface area contributed by atoms with Gasteiger partial charge in [-0.2, -0.15) is 0 Å². The number of ether oxygens (including phenoxy) is 4. The van der Waals surface area contributed by atoms with Crippen LogP contribution in [0.25, 0.3) is 0 Å². The Balaban J connectivity index is 5.23. The summed E-state index contributed by atoms with van der Waals surface area (Å²) in [4.78, 5) is 72.4. The third-order valence-electron chi connectivity index (χ3n) is 15.9. The topological polar surface area (TPSA) is 237 Å². The lowest BCUT2D eigenvalue weighted by Crippen LogP contribution is -2.30. The Bertz CT molecular complexity index is 1730. The highest BCUT2D eigenvalue weighted by Crippen LogP contribution is 2.45. The second kappa shape index (κ2) is 57.9. The van der Waals surface area contributed by atoms with Crippen LogP contribution in [0.15, 0.2) is 0 Å². The highest BCUT2D eigenvalue weighted by Gasteiger charge is 2.30. The molecule has 0 aliphatic carbocycles. The van der Waals surface area contributed by atoms with Gasteiger partial charge in [0.15, 0.2) is 12.2 Å². The molecule has 0 aromatic heterocycles. The minimum absolute atomic E-state index is 0.103. The van der Waals surface area contributed by atoms with Crippen LogP contribution in [-0.2, 0) is 65.4 Å². The zero-order chi connectivity index (χ0) is 64.7. The molecule has 6 atom stereocenters. The van der Waals surface area contributed by atoms with E-state index in [0.717, 1.165) is 108 Å². The van der Waals surface area contributed by atoms with Crippen molar-refractivity contribution in [3.63, 3.8) is 0 Å². The molecule has 0 saturated carbocycles. The largest absolute Gasteiger partial charge is 0.472 e. The van der Waals surface area contributed by atoms with E-state index < -0.39 is 97.5 Å². The average Bonchev–Trinajstić information content (AvgIpc) is 3.67. The van der Waals surface area contributed by atoms with Gasteiger partial charge in [-0.25, -0.2) is 9.13 Å². The number of carbonyl (C=O) groups is 4.